The molecule has 0 aliphatic carbocycles. The highest BCUT2D eigenvalue weighted by atomic mass is 32.2. The van der Waals surface area contributed by atoms with Gasteiger partial charge in [-0.3, -0.25) is 4.90 Å². The van der Waals surface area contributed by atoms with Crippen molar-refractivity contribution in [3.05, 3.63) is 71.0 Å². The van der Waals surface area contributed by atoms with Crippen LogP contribution in [0.1, 0.15) is 11.3 Å². The number of nitrogens with zero attached hydrogens (tertiary/aromatic N) is 3. The third kappa shape index (κ3) is 4.56. The Morgan fingerprint density at radius 2 is 1.66 bits per heavy atom. The summed E-state index contributed by atoms with van der Waals surface area (Å²) in [5.74, 6) is -0.260. The number of sulfonamides is 1. The van der Waals surface area contributed by atoms with Crippen molar-refractivity contribution >= 4 is 21.4 Å². The topological polar surface area (TPSA) is 53.5 Å². The molecule has 3 aromatic rings. The molecule has 2 heterocycles. The van der Waals surface area contributed by atoms with E-state index in [2.05, 4.69) is 9.88 Å². The molecule has 1 fully saturated rings. The summed E-state index contributed by atoms with van der Waals surface area (Å²) in [5, 5.41) is 2.87. The monoisotopic (exact) mass is 431 g/mol. The lowest BCUT2D eigenvalue weighted by atomic mass is 10.2. The minimum Gasteiger partial charge on any atom is -0.295 e. The summed E-state index contributed by atoms with van der Waals surface area (Å²) in [4.78, 5) is 7.21. The maximum Gasteiger partial charge on any atom is 0.243 e. The molecule has 2 aromatic carbocycles. The fourth-order valence-corrected chi connectivity index (χ4v) is 5.56. The van der Waals surface area contributed by atoms with E-state index in [1.54, 1.807) is 28.6 Å². The van der Waals surface area contributed by atoms with E-state index < -0.39 is 10.0 Å². The first-order chi connectivity index (χ1) is 13.9. The molecule has 1 aliphatic heterocycles. The van der Waals surface area contributed by atoms with Crippen molar-refractivity contribution in [1.29, 1.82) is 0 Å². The summed E-state index contributed by atoms with van der Waals surface area (Å²) in [7, 11) is -3.45. The first-order valence-electron chi connectivity index (χ1n) is 9.41. The van der Waals surface area contributed by atoms with E-state index in [4.69, 9.17) is 0 Å². The van der Waals surface area contributed by atoms with Crippen LogP contribution in [0.5, 0.6) is 0 Å². The molecule has 0 saturated carbocycles. The third-order valence-corrected chi connectivity index (χ3v) is 7.87. The fourth-order valence-electron chi connectivity index (χ4n) is 3.32. The van der Waals surface area contributed by atoms with Crippen LogP contribution in [0.4, 0.5) is 4.39 Å². The van der Waals surface area contributed by atoms with Crippen LogP contribution < -0.4 is 0 Å². The van der Waals surface area contributed by atoms with Gasteiger partial charge in [0.1, 0.15) is 10.8 Å². The van der Waals surface area contributed by atoms with Crippen molar-refractivity contribution in [3.63, 3.8) is 0 Å². The standard InChI is InChI=1S/C21H22FN3O2S2/c1-16-2-8-20(9-3-16)29(26,27)25-12-10-24(11-13-25)14-19-15-28-21(23-19)17-4-6-18(22)7-5-17/h2-9,15H,10-14H2,1H3. The summed E-state index contributed by atoms with van der Waals surface area (Å²) >= 11 is 1.53. The maximum absolute atomic E-state index is 13.1. The highest BCUT2D eigenvalue weighted by Crippen LogP contribution is 2.25. The molecule has 1 aliphatic rings. The molecular weight excluding hydrogens is 409 g/mol. The molecule has 29 heavy (non-hydrogen) atoms. The van der Waals surface area contributed by atoms with Crippen molar-refractivity contribution in [2.75, 3.05) is 26.2 Å². The number of piperazine rings is 1. The smallest absolute Gasteiger partial charge is 0.243 e. The fraction of sp³-hybridized carbons (Fsp3) is 0.286. The van der Waals surface area contributed by atoms with Crippen LogP contribution in [0.15, 0.2) is 58.8 Å². The van der Waals surface area contributed by atoms with Gasteiger partial charge >= 0.3 is 0 Å². The largest absolute Gasteiger partial charge is 0.295 e. The summed E-state index contributed by atoms with van der Waals surface area (Å²) in [6, 6.07) is 13.3. The van der Waals surface area contributed by atoms with Gasteiger partial charge in [0, 0.05) is 43.7 Å². The molecule has 0 atom stereocenters. The summed E-state index contributed by atoms with van der Waals surface area (Å²) in [5.41, 5.74) is 2.89. The number of rotatable bonds is 5. The molecule has 0 radical (unpaired) electrons. The Morgan fingerprint density at radius 3 is 2.31 bits per heavy atom. The van der Waals surface area contributed by atoms with Gasteiger partial charge in [-0.15, -0.1) is 11.3 Å². The number of thiazole rings is 1. The van der Waals surface area contributed by atoms with E-state index in [1.165, 1.54) is 23.5 Å². The molecular formula is C21H22FN3O2S2. The average Bonchev–Trinajstić information content (AvgIpc) is 3.18. The van der Waals surface area contributed by atoms with Crippen molar-refractivity contribution < 1.29 is 12.8 Å². The quantitative estimate of drug-likeness (QED) is 0.617. The van der Waals surface area contributed by atoms with Crippen molar-refractivity contribution in [2.45, 2.75) is 18.4 Å². The Bertz CT molecular complexity index is 1070. The lowest BCUT2D eigenvalue weighted by Gasteiger charge is -2.33. The van der Waals surface area contributed by atoms with Gasteiger partial charge in [-0.1, -0.05) is 17.7 Å². The molecule has 0 N–H and O–H groups in total. The Morgan fingerprint density at radius 1 is 1.00 bits per heavy atom. The summed E-state index contributed by atoms with van der Waals surface area (Å²) < 4.78 is 40.3. The number of halogens is 1. The van der Waals surface area contributed by atoms with E-state index in [1.807, 2.05) is 24.4 Å². The molecule has 0 amide bonds. The molecule has 0 unspecified atom stereocenters. The van der Waals surface area contributed by atoms with Gasteiger partial charge < -0.3 is 0 Å². The first-order valence-corrected chi connectivity index (χ1v) is 11.7. The molecule has 1 aromatic heterocycles. The Kier molecular flexibility index (Phi) is 5.78. The van der Waals surface area contributed by atoms with Crippen LogP contribution in [0.2, 0.25) is 0 Å². The van der Waals surface area contributed by atoms with Crippen molar-refractivity contribution in [2.24, 2.45) is 0 Å². The van der Waals surface area contributed by atoms with Gasteiger partial charge in [-0.25, -0.2) is 17.8 Å². The zero-order valence-corrected chi connectivity index (χ0v) is 17.7. The molecule has 0 spiro atoms. The number of benzene rings is 2. The minimum absolute atomic E-state index is 0.260. The number of hydrogen-bond acceptors (Lipinski definition) is 5. The predicted octanol–water partition coefficient (Wildman–Crippen LogP) is 3.76. The third-order valence-electron chi connectivity index (χ3n) is 5.02. The summed E-state index contributed by atoms with van der Waals surface area (Å²) in [6.45, 7) is 4.87. The van der Waals surface area contributed by atoms with E-state index in [0.717, 1.165) is 21.8 Å². The second kappa shape index (κ2) is 8.31. The molecule has 5 nitrogen and oxygen atoms in total. The number of hydrogen-bond donors (Lipinski definition) is 0. The lowest BCUT2D eigenvalue weighted by Crippen LogP contribution is -2.48. The van der Waals surface area contributed by atoms with E-state index in [9.17, 15) is 12.8 Å². The van der Waals surface area contributed by atoms with Gasteiger partial charge in [-0.05, 0) is 43.3 Å². The molecule has 4 rings (SSSR count). The maximum atomic E-state index is 13.1. The van der Waals surface area contributed by atoms with Crippen molar-refractivity contribution in [3.8, 4) is 10.6 Å². The van der Waals surface area contributed by atoms with Crippen LogP contribution >= 0.6 is 11.3 Å². The normalized spacial score (nSPS) is 16.2. The molecule has 1 saturated heterocycles. The highest BCUT2D eigenvalue weighted by Gasteiger charge is 2.28. The second-order valence-electron chi connectivity index (χ2n) is 7.14. The van der Waals surface area contributed by atoms with Crippen LogP contribution in [-0.2, 0) is 16.6 Å². The van der Waals surface area contributed by atoms with Gasteiger partial charge in [0.2, 0.25) is 10.0 Å². The predicted molar refractivity (Wildman–Crippen MR) is 113 cm³/mol. The van der Waals surface area contributed by atoms with E-state index >= 15 is 0 Å². The zero-order valence-electron chi connectivity index (χ0n) is 16.1. The van der Waals surface area contributed by atoms with Crippen LogP contribution in [-0.4, -0.2) is 48.8 Å². The van der Waals surface area contributed by atoms with E-state index in [-0.39, 0.29) is 5.82 Å². The second-order valence-corrected chi connectivity index (χ2v) is 9.94. The number of aryl methyl sites for hydroxylation is 1. The van der Waals surface area contributed by atoms with Crippen molar-refractivity contribution in [1.82, 2.24) is 14.2 Å². The van der Waals surface area contributed by atoms with Gasteiger partial charge in [0.05, 0.1) is 10.6 Å². The Balaban J connectivity index is 1.37. The van der Waals surface area contributed by atoms with Gasteiger partial charge in [-0.2, -0.15) is 4.31 Å². The minimum atomic E-state index is -3.45. The molecule has 152 valence electrons. The zero-order chi connectivity index (χ0) is 20.4. The molecule has 8 heteroatoms. The van der Waals surface area contributed by atoms with Gasteiger partial charge in [0.15, 0.2) is 0 Å². The Hall–Kier alpha value is -2.13. The Labute approximate surface area is 174 Å². The first kappa shape index (κ1) is 20.2. The number of aromatic nitrogens is 1. The van der Waals surface area contributed by atoms with E-state index in [0.29, 0.717) is 37.6 Å². The summed E-state index contributed by atoms with van der Waals surface area (Å²) in [6.07, 6.45) is 0. The van der Waals surface area contributed by atoms with Gasteiger partial charge in [0.25, 0.3) is 0 Å². The van der Waals surface area contributed by atoms with Crippen LogP contribution in [0, 0.1) is 12.7 Å². The van der Waals surface area contributed by atoms with Crippen LogP contribution in [0.3, 0.4) is 0 Å². The lowest BCUT2D eigenvalue weighted by molar-refractivity contribution is 0.180. The SMILES string of the molecule is Cc1ccc(S(=O)(=O)N2CCN(Cc3csc(-c4ccc(F)cc4)n3)CC2)cc1. The highest BCUT2D eigenvalue weighted by molar-refractivity contribution is 7.89. The van der Waals surface area contributed by atoms with Crippen LogP contribution in [0.25, 0.3) is 10.6 Å². The molecule has 0 bridgehead atoms. The average molecular weight is 432 g/mol.